The molecule has 17 heavy (non-hydrogen) atoms. The maximum absolute atomic E-state index is 5.62. The fourth-order valence-corrected chi connectivity index (χ4v) is 3.94. The third-order valence-corrected chi connectivity index (χ3v) is 4.58. The van der Waals surface area contributed by atoms with Crippen molar-refractivity contribution in [2.45, 2.75) is 32.1 Å². The molecule has 0 radical (unpaired) electrons. The monoisotopic (exact) mass is 236 g/mol. The normalized spacial score (nSPS) is 34.9. The van der Waals surface area contributed by atoms with Gasteiger partial charge in [0, 0.05) is 18.2 Å². The quantitative estimate of drug-likeness (QED) is 0.585. The largest absolute Gasteiger partial charge is 0.307 e. The number of rotatable bonds is 5. The minimum atomic E-state index is 0.767. The smallest absolute Gasteiger partial charge is 0.0872 e. The van der Waals surface area contributed by atoms with Crippen LogP contribution in [0.1, 0.15) is 32.1 Å². The zero-order chi connectivity index (χ0) is 11.8. The number of nitrogens with one attached hydrogen (secondary N) is 1. The van der Waals surface area contributed by atoms with E-state index in [1.807, 2.05) is 0 Å². The van der Waals surface area contributed by atoms with Gasteiger partial charge in [-0.2, -0.15) is 0 Å². The molecule has 0 aromatic heterocycles. The van der Waals surface area contributed by atoms with Gasteiger partial charge in [0.15, 0.2) is 0 Å². The van der Waals surface area contributed by atoms with E-state index < -0.39 is 0 Å². The summed E-state index contributed by atoms with van der Waals surface area (Å²) in [5.41, 5.74) is 6.41. The third kappa shape index (κ3) is 2.36. The van der Waals surface area contributed by atoms with Crippen LogP contribution in [0.5, 0.6) is 0 Å². The molecule has 3 nitrogen and oxygen atoms in total. The lowest BCUT2D eigenvalue weighted by atomic mass is 9.60. The second-order valence-corrected chi connectivity index (χ2v) is 6.32. The highest BCUT2D eigenvalue weighted by molar-refractivity contribution is 5.25. The van der Waals surface area contributed by atoms with Crippen molar-refractivity contribution < 1.29 is 4.84 Å². The van der Waals surface area contributed by atoms with Crippen molar-refractivity contribution in [1.82, 2.24) is 10.4 Å². The predicted molar refractivity (Wildman–Crippen MR) is 68.2 cm³/mol. The van der Waals surface area contributed by atoms with Gasteiger partial charge in [-0.3, -0.25) is 10.3 Å². The summed E-state index contributed by atoms with van der Waals surface area (Å²) in [5, 5.41) is 0. The summed E-state index contributed by atoms with van der Waals surface area (Å²) >= 11 is 0. The molecule has 0 aromatic carbocycles. The molecule has 4 aliphatic carbocycles. The Labute approximate surface area is 104 Å². The van der Waals surface area contributed by atoms with Gasteiger partial charge in [0.25, 0.3) is 0 Å². The first-order valence-electron chi connectivity index (χ1n) is 6.97. The molecule has 3 heteroatoms. The molecule has 4 aliphatic rings. The second kappa shape index (κ2) is 4.62. The van der Waals surface area contributed by atoms with E-state index in [1.54, 1.807) is 5.57 Å². The topological polar surface area (TPSA) is 24.5 Å². The average Bonchev–Trinajstić information content (AvgIpc) is 2.25. The molecular weight excluding hydrogens is 212 g/mol. The van der Waals surface area contributed by atoms with Gasteiger partial charge in [0.05, 0.1) is 6.61 Å². The minimum absolute atomic E-state index is 0.767. The first-order chi connectivity index (χ1) is 8.22. The number of nitrogens with zero attached hydrogens (tertiary/aromatic N) is 1. The highest BCUT2D eigenvalue weighted by Gasteiger charge is 2.41. The molecular formula is C14H24N2O. The van der Waals surface area contributed by atoms with Crippen molar-refractivity contribution in [2.75, 3.05) is 27.2 Å². The summed E-state index contributed by atoms with van der Waals surface area (Å²) in [4.78, 5) is 7.77. The Morgan fingerprint density at radius 3 is 2.47 bits per heavy atom. The minimum Gasteiger partial charge on any atom is -0.307 e. The number of hydrogen-bond acceptors (Lipinski definition) is 3. The Bertz CT molecular complexity index is 308. The molecule has 2 saturated carbocycles. The summed E-state index contributed by atoms with van der Waals surface area (Å²) in [6.45, 7) is 1.74. The van der Waals surface area contributed by atoms with Crippen LogP contribution >= 0.6 is 0 Å². The van der Waals surface area contributed by atoms with Crippen molar-refractivity contribution in [3.05, 3.63) is 11.3 Å². The summed E-state index contributed by atoms with van der Waals surface area (Å²) in [5.74, 6) is 2.78. The van der Waals surface area contributed by atoms with Gasteiger partial charge in [-0.1, -0.05) is 0 Å². The second-order valence-electron chi connectivity index (χ2n) is 6.32. The van der Waals surface area contributed by atoms with Crippen LogP contribution in [0.15, 0.2) is 11.3 Å². The maximum Gasteiger partial charge on any atom is 0.0872 e. The highest BCUT2D eigenvalue weighted by Crippen LogP contribution is 2.52. The van der Waals surface area contributed by atoms with E-state index in [4.69, 9.17) is 4.84 Å². The molecule has 0 heterocycles. The molecule has 0 amide bonds. The average molecular weight is 236 g/mol. The van der Waals surface area contributed by atoms with E-state index in [2.05, 4.69) is 24.5 Å². The molecule has 0 saturated heterocycles. The van der Waals surface area contributed by atoms with Crippen LogP contribution in [0.4, 0.5) is 0 Å². The van der Waals surface area contributed by atoms with Gasteiger partial charge < -0.3 is 4.90 Å². The number of hydrogen-bond donors (Lipinski definition) is 1. The Morgan fingerprint density at radius 1 is 1.18 bits per heavy atom. The van der Waals surface area contributed by atoms with Gasteiger partial charge in [0.1, 0.15) is 0 Å². The Kier molecular flexibility index (Phi) is 3.14. The van der Waals surface area contributed by atoms with Crippen LogP contribution in [0.2, 0.25) is 0 Å². The summed E-state index contributed by atoms with van der Waals surface area (Å²) in [6, 6.07) is 0. The van der Waals surface area contributed by atoms with E-state index in [1.165, 1.54) is 37.8 Å². The fourth-order valence-electron chi connectivity index (χ4n) is 3.94. The van der Waals surface area contributed by atoms with Crippen LogP contribution in [-0.4, -0.2) is 32.1 Å². The first kappa shape index (κ1) is 11.5. The third-order valence-electron chi connectivity index (χ3n) is 4.58. The lowest BCUT2D eigenvalue weighted by molar-refractivity contribution is 0.0278. The van der Waals surface area contributed by atoms with Crippen LogP contribution in [0.25, 0.3) is 0 Å². The van der Waals surface area contributed by atoms with Gasteiger partial charge in [-0.15, -0.1) is 0 Å². The van der Waals surface area contributed by atoms with Crippen molar-refractivity contribution in [2.24, 2.45) is 17.8 Å². The maximum atomic E-state index is 5.62. The van der Waals surface area contributed by atoms with Crippen LogP contribution in [0, 0.1) is 17.8 Å². The molecule has 4 rings (SSSR count). The van der Waals surface area contributed by atoms with Crippen LogP contribution in [0.3, 0.4) is 0 Å². The van der Waals surface area contributed by atoms with Gasteiger partial charge in [-0.05, 0) is 63.6 Å². The molecule has 1 N–H and O–H groups in total. The van der Waals surface area contributed by atoms with Crippen LogP contribution in [-0.2, 0) is 4.84 Å². The van der Waals surface area contributed by atoms with E-state index in [0.717, 1.165) is 30.9 Å². The molecule has 0 aromatic rings. The number of allylic oxidation sites excluding steroid dienone is 2. The number of likely N-dealkylation sites (N-methyl/N-ethyl adjacent to an activating group) is 1. The van der Waals surface area contributed by atoms with E-state index in [-0.39, 0.29) is 0 Å². The first-order valence-corrected chi connectivity index (χ1v) is 6.97. The van der Waals surface area contributed by atoms with Gasteiger partial charge in [-0.25, -0.2) is 0 Å². The van der Waals surface area contributed by atoms with E-state index in [9.17, 15) is 0 Å². The van der Waals surface area contributed by atoms with Crippen LogP contribution < -0.4 is 5.48 Å². The summed E-state index contributed by atoms with van der Waals surface area (Å²) in [6.07, 6.45) is 6.98. The molecule has 2 atom stereocenters. The number of hydroxylamine groups is 1. The van der Waals surface area contributed by atoms with Crippen molar-refractivity contribution >= 4 is 0 Å². The SMILES string of the molecule is CN(C)CCONC1=C2CC3CC(C2)CC1C3. The summed E-state index contributed by atoms with van der Waals surface area (Å²) in [7, 11) is 4.16. The molecule has 2 unspecified atom stereocenters. The van der Waals surface area contributed by atoms with Crippen molar-refractivity contribution in [3.8, 4) is 0 Å². The lowest BCUT2D eigenvalue weighted by Crippen LogP contribution is -2.39. The predicted octanol–water partition coefficient (Wildman–Crippen LogP) is 2.16. The molecule has 2 fully saturated rings. The van der Waals surface area contributed by atoms with Gasteiger partial charge >= 0.3 is 0 Å². The molecule has 4 bridgehead atoms. The molecule has 0 aliphatic heterocycles. The molecule has 0 spiro atoms. The zero-order valence-corrected chi connectivity index (χ0v) is 11.0. The Morgan fingerprint density at radius 2 is 1.88 bits per heavy atom. The summed E-state index contributed by atoms with van der Waals surface area (Å²) < 4.78 is 0. The zero-order valence-electron chi connectivity index (χ0n) is 11.0. The standard InChI is InChI=1S/C14H24N2O/c1-16(2)3-4-17-15-14-12-6-10-5-11(8-12)9-13(14)7-10/h10-12,15H,3-9H2,1-2H3. The van der Waals surface area contributed by atoms with Crippen molar-refractivity contribution in [3.63, 3.8) is 0 Å². The molecule has 96 valence electrons. The Balaban J connectivity index is 1.56. The lowest BCUT2D eigenvalue weighted by Gasteiger charge is -2.47. The van der Waals surface area contributed by atoms with E-state index >= 15 is 0 Å². The van der Waals surface area contributed by atoms with Crippen molar-refractivity contribution in [1.29, 1.82) is 0 Å². The van der Waals surface area contributed by atoms with Gasteiger partial charge in [0.2, 0.25) is 0 Å². The Hall–Kier alpha value is -0.540. The van der Waals surface area contributed by atoms with E-state index in [0.29, 0.717) is 0 Å². The highest BCUT2D eigenvalue weighted by atomic mass is 16.6. The fraction of sp³-hybridized carbons (Fsp3) is 0.857.